The Hall–Kier alpha value is -3.67. The van der Waals surface area contributed by atoms with Crippen LogP contribution < -0.4 is 10.3 Å². The number of halogens is 2. The van der Waals surface area contributed by atoms with E-state index in [-0.39, 0.29) is 28.2 Å². The van der Waals surface area contributed by atoms with Crippen LogP contribution in [-0.4, -0.2) is 39.0 Å². The summed E-state index contributed by atoms with van der Waals surface area (Å²) in [5.74, 6) is -2.45. The number of pyridine rings is 1. The lowest BCUT2D eigenvalue weighted by atomic mass is 10.3. The molecule has 0 aliphatic carbocycles. The largest absolute Gasteiger partial charge is 0.448 e. The molecule has 154 valence electrons. The second-order valence-electron chi connectivity index (χ2n) is 6.40. The van der Waals surface area contributed by atoms with E-state index in [1.165, 1.54) is 29.3 Å². The van der Waals surface area contributed by atoms with Crippen molar-refractivity contribution < 1.29 is 21.9 Å². The van der Waals surface area contributed by atoms with Crippen molar-refractivity contribution in [3.8, 4) is 17.2 Å². The zero-order valence-corrected chi connectivity index (χ0v) is 16.4. The maximum absolute atomic E-state index is 14.0. The molecule has 0 saturated heterocycles. The topological polar surface area (TPSA) is 109 Å². The summed E-state index contributed by atoms with van der Waals surface area (Å²) in [5, 5.41) is 3.79. The highest BCUT2D eigenvalue weighted by Gasteiger charge is 2.19. The van der Waals surface area contributed by atoms with Gasteiger partial charge in [-0.05, 0) is 18.2 Å². The molecular weight excluding hydrogens is 420 g/mol. The normalized spacial score (nSPS) is 11.7. The van der Waals surface area contributed by atoms with Gasteiger partial charge >= 0.3 is 0 Å². The predicted molar refractivity (Wildman–Crippen MR) is 101 cm³/mol. The molecule has 0 amide bonds. The zero-order valence-electron chi connectivity index (χ0n) is 15.6. The minimum Gasteiger partial charge on any atom is -0.448 e. The van der Waals surface area contributed by atoms with Crippen molar-refractivity contribution in [2.45, 2.75) is 5.16 Å². The van der Waals surface area contributed by atoms with Crippen LogP contribution in [0.2, 0.25) is 0 Å². The standard InChI is InChI=1S/C18H13F2N5O4S/c1-24-9-12(8-22-24)25-16-10(7-21-18(23-16)30(2,27)28)5-15(17(25)26)29-14-4-3-11(19)6-13(14)20/h3-9H,1-2H3. The Morgan fingerprint density at radius 2 is 1.87 bits per heavy atom. The third-order valence-corrected chi connectivity index (χ3v) is 4.94. The first kappa shape index (κ1) is 19.6. The van der Waals surface area contributed by atoms with Crippen LogP contribution in [0.5, 0.6) is 11.5 Å². The summed E-state index contributed by atoms with van der Waals surface area (Å²) in [6.45, 7) is 0. The summed E-state index contributed by atoms with van der Waals surface area (Å²) in [5.41, 5.74) is -0.483. The van der Waals surface area contributed by atoms with Crippen LogP contribution in [0, 0.1) is 11.6 Å². The number of hydrogen-bond donors (Lipinski definition) is 0. The number of benzene rings is 1. The molecule has 4 aromatic rings. The van der Waals surface area contributed by atoms with E-state index in [0.29, 0.717) is 6.07 Å². The molecule has 30 heavy (non-hydrogen) atoms. The van der Waals surface area contributed by atoms with Gasteiger partial charge < -0.3 is 4.74 Å². The minimum absolute atomic E-state index is 0.00430. The Morgan fingerprint density at radius 1 is 1.10 bits per heavy atom. The Kier molecular flexibility index (Phi) is 4.57. The SMILES string of the molecule is Cn1cc(-n2c(=O)c(Oc3ccc(F)cc3F)cc3cnc(S(C)(=O)=O)nc32)cn1. The van der Waals surface area contributed by atoms with Gasteiger partial charge in [-0.1, -0.05) is 0 Å². The number of rotatable bonds is 4. The fraction of sp³-hybridized carbons (Fsp3) is 0.111. The maximum atomic E-state index is 14.0. The number of hydrogen-bond acceptors (Lipinski definition) is 7. The van der Waals surface area contributed by atoms with Crippen LogP contribution in [0.1, 0.15) is 0 Å². The molecule has 12 heteroatoms. The van der Waals surface area contributed by atoms with Gasteiger partial charge in [-0.25, -0.2) is 22.2 Å². The van der Waals surface area contributed by atoms with Gasteiger partial charge in [-0.2, -0.15) is 10.1 Å². The van der Waals surface area contributed by atoms with Crippen molar-refractivity contribution in [2.24, 2.45) is 7.05 Å². The quantitative estimate of drug-likeness (QED) is 0.453. The summed E-state index contributed by atoms with van der Waals surface area (Å²) in [7, 11) is -2.12. The summed E-state index contributed by atoms with van der Waals surface area (Å²) in [4.78, 5) is 21.0. The van der Waals surface area contributed by atoms with Crippen molar-refractivity contribution in [1.29, 1.82) is 0 Å². The highest BCUT2D eigenvalue weighted by atomic mass is 32.2. The molecule has 0 N–H and O–H groups in total. The van der Waals surface area contributed by atoms with Crippen LogP contribution in [-0.2, 0) is 16.9 Å². The van der Waals surface area contributed by atoms with Crippen LogP contribution in [0.25, 0.3) is 16.7 Å². The van der Waals surface area contributed by atoms with Crippen molar-refractivity contribution in [3.63, 3.8) is 0 Å². The number of aryl methyl sites for hydroxylation is 1. The fourth-order valence-corrected chi connectivity index (χ4v) is 3.24. The number of nitrogens with zero attached hydrogens (tertiary/aromatic N) is 5. The molecule has 0 radical (unpaired) electrons. The summed E-state index contributed by atoms with van der Waals surface area (Å²) in [6.07, 6.45) is 5.02. The molecule has 1 aromatic carbocycles. The lowest BCUT2D eigenvalue weighted by Gasteiger charge is -2.12. The van der Waals surface area contributed by atoms with Crippen molar-refractivity contribution in [3.05, 3.63) is 64.8 Å². The molecule has 0 saturated carbocycles. The Labute approximate surface area is 168 Å². The van der Waals surface area contributed by atoms with Crippen molar-refractivity contribution in [1.82, 2.24) is 24.3 Å². The van der Waals surface area contributed by atoms with Gasteiger partial charge in [0.2, 0.25) is 15.0 Å². The third kappa shape index (κ3) is 3.52. The lowest BCUT2D eigenvalue weighted by Crippen LogP contribution is -2.21. The van der Waals surface area contributed by atoms with Gasteiger partial charge in [0.05, 0.1) is 11.9 Å². The van der Waals surface area contributed by atoms with Crippen molar-refractivity contribution in [2.75, 3.05) is 6.26 Å². The monoisotopic (exact) mass is 433 g/mol. The van der Waals surface area contributed by atoms with Gasteiger partial charge in [0, 0.05) is 37.1 Å². The summed E-state index contributed by atoms with van der Waals surface area (Å²) >= 11 is 0. The Morgan fingerprint density at radius 3 is 2.50 bits per heavy atom. The van der Waals surface area contributed by atoms with Gasteiger partial charge in [-0.3, -0.25) is 14.0 Å². The van der Waals surface area contributed by atoms with Crippen LogP contribution in [0.3, 0.4) is 0 Å². The van der Waals surface area contributed by atoms with E-state index in [2.05, 4.69) is 15.1 Å². The number of fused-ring (bicyclic) bond motifs is 1. The molecule has 9 nitrogen and oxygen atoms in total. The van der Waals surface area contributed by atoms with E-state index in [1.807, 2.05) is 0 Å². The summed E-state index contributed by atoms with van der Waals surface area (Å²) in [6, 6.07) is 3.91. The van der Waals surface area contributed by atoms with E-state index >= 15 is 0 Å². The average Bonchev–Trinajstić information content (AvgIpc) is 3.09. The first-order chi connectivity index (χ1) is 14.1. The predicted octanol–water partition coefficient (Wildman–Crippen LogP) is 1.99. The molecule has 3 aromatic heterocycles. The Bertz CT molecular complexity index is 1460. The maximum Gasteiger partial charge on any atom is 0.299 e. The van der Waals surface area contributed by atoms with E-state index < -0.39 is 32.2 Å². The highest BCUT2D eigenvalue weighted by molar-refractivity contribution is 7.90. The number of ether oxygens (including phenoxy) is 1. The van der Waals surface area contributed by atoms with E-state index in [9.17, 15) is 22.0 Å². The van der Waals surface area contributed by atoms with Gasteiger partial charge in [0.15, 0.2) is 23.0 Å². The van der Waals surface area contributed by atoms with E-state index in [1.54, 1.807) is 7.05 Å². The molecule has 4 rings (SSSR count). The number of aromatic nitrogens is 5. The van der Waals surface area contributed by atoms with E-state index in [4.69, 9.17) is 4.74 Å². The Balaban J connectivity index is 1.99. The third-order valence-electron chi connectivity index (χ3n) is 4.08. The summed E-state index contributed by atoms with van der Waals surface area (Å²) < 4.78 is 58.8. The molecule has 0 spiro atoms. The molecule has 0 bridgehead atoms. The van der Waals surface area contributed by atoms with Gasteiger partial charge in [-0.15, -0.1) is 0 Å². The molecule has 0 unspecified atom stereocenters. The van der Waals surface area contributed by atoms with Crippen molar-refractivity contribution >= 4 is 20.9 Å². The lowest BCUT2D eigenvalue weighted by molar-refractivity contribution is 0.431. The van der Waals surface area contributed by atoms with Crippen LogP contribution >= 0.6 is 0 Å². The molecule has 0 fully saturated rings. The number of sulfone groups is 1. The molecule has 3 heterocycles. The molecule has 0 aliphatic heterocycles. The molecule has 0 atom stereocenters. The second-order valence-corrected chi connectivity index (χ2v) is 8.31. The fourth-order valence-electron chi connectivity index (χ4n) is 2.75. The van der Waals surface area contributed by atoms with E-state index in [0.717, 1.165) is 23.0 Å². The zero-order chi connectivity index (χ0) is 21.6. The second kappa shape index (κ2) is 6.99. The molecular formula is C18H13F2N5O4S. The van der Waals surface area contributed by atoms with Gasteiger partial charge in [0.25, 0.3) is 5.56 Å². The first-order valence-corrected chi connectivity index (χ1v) is 10.3. The van der Waals surface area contributed by atoms with Crippen LogP contribution in [0.4, 0.5) is 8.78 Å². The highest BCUT2D eigenvalue weighted by Crippen LogP contribution is 2.26. The molecule has 0 aliphatic rings. The average molecular weight is 433 g/mol. The smallest absolute Gasteiger partial charge is 0.299 e. The van der Waals surface area contributed by atoms with Crippen LogP contribution in [0.15, 0.2) is 52.8 Å². The van der Waals surface area contributed by atoms with Gasteiger partial charge in [0.1, 0.15) is 5.82 Å². The minimum atomic E-state index is -3.74. The first-order valence-electron chi connectivity index (χ1n) is 8.38.